The van der Waals surface area contributed by atoms with Crippen LogP contribution < -0.4 is 5.32 Å². The van der Waals surface area contributed by atoms with Crippen LogP contribution in [0.15, 0.2) is 24.3 Å². The molecular formula is C12H19FN2. The molecule has 1 aromatic carbocycles. The zero-order valence-corrected chi connectivity index (χ0v) is 9.46. The van der Waals surface area contributed by atoms with Gasteiger partial charge in [-0.05, 0) is 38.2 Å². The Morgan fingerprint density at radius 2 is 1.87 bits per heavy atom. The number of hydrogen-bond donors (Lipinski definition) is 1. The van der Waals surface area contributed by atoms with Gasteiger partial charge in [-0.15, -0.1) is 0 Å². The number of likely N-dealkylation sites (N-methyl/N-ethyl adjacent to an activating group) is 2. The average Bonchev–Trinajstić information content (AvgIpc) is 2.25. The molecule has 2 nitrogen and oxygen atoms in total. The highest BCUT2D eigenvalue weighted by atomic mass is 19.1. The zero-order chi connectivity index (χ0) is 11.1. The normalized spacial score (nSPS) is 10.9. The largest absolute Gasteiger partial charge is 0.318 e. The summed E-state index contributed by atoms with van der Waals surface area (Å²) >= 11 is 0. The van der Waals surface area contributed by atoms with Crippen molar-refractivity contribution in [1.29, 1.82) is 0 Å². The maximum Gasteiger partial charge on any atom is 0.123 e. The van der Waals surface area contributed by atoms with E-state index in [2.05, 4.69) is 17.3 Å². The molecule has 0 aliphatic rings. The standard InChI is InChI=1S/C12H19FN2/c1-14-8-10-15(2)9-7-11-3-5-12(13)6-4-11/h3-6,14H,7-10H2,1-2H3. The predicted octanol–water partition coefficient (Wildman–Crippen LogP) is 1.52. The first-order valence-corrected chi connectivity index (χ1v) is 5.30. The molecule has 0 amide bonds. The highest BCUT2D eigenvalue weighted by Gasteiger charge is 1.98. The lowest BCUT2D eigenvalue weighted by molar-refractivity contribution is 0.339. The van der Waals surface area contributed by atoms with E-state index in [1.165, 1.54) is 17.7 Å². The minimum atomic E-state index is -0.165. The Labute approximate surface area is 91.1 Å². The number of nitrogens with zero attached hydrogens (tertiary/aromatic N) is 1. The smallest absolute Gasteiger partial charge is 0.123 e. The summed E-state index contributed by atoms with van der Waals surface area (Å²) < 4.78 is 12.6. The zero-order valence-electron chi connectivity index (χ0n) is 9.46. The molecule has 0 aliphatic carbocycles. The van der Waals surface area contributed by atoms with Crippen molar-refractivity contribution >= 4 is 0 Å². The molecule has 84 valence electrons. The molecule has 15 heavy (non-hydrogen) atoms. The fraction of sp³-hybridized carbons (Fsp3) is 0.500. The molecule has 1 rings (SSSR count). The third-order valence-electron chi connectivity index (χ3n) is 2.44. The number of nitrogens with one attached hydrogen (secondary N) is 1. The second-order valence-electron chi connectivity index (χ2n) is 3.78. The molecule has 0 fully saturated rings. The second kappa shape index (κ2) is 6.53. The summed E-state index contributed by atoms with van der Waals surface area (Å²) in [5, 5.41) is 3.11. The van der Waals surface area contributed by atoms with Crippen LogP contribution in [-0.4, -0.2) is 38.6 Å². The van der Waals surface area contributed by atoms with Gasteiger partial charge < -0.3 is 10.2 Å². The van der Waals surface area contributed by atoms with Gasteiger partial charge >= 0.3 is 0 Å². The van der Waals surface area contributed by atoms with Crippen LogP contribution in [0, 0.1) is 5.82 Å². The maximum atomic E-state index is 12.6. The van der Waals surface area contributed by atoms with Gasteiger partial charge in [0, 0.05) is 19.6 Å². The number of halogens is 1. The van der Waals surface area contributed by atoms with Crippen molar-refractivity contribution in [2.75, 3.05) is 33.7 Å². The van der Waals surface area contributed by atoms with Crippen molar-refractivity contribution in [1.82, 2.24) is 10.2 Å². The topological polar surface area (TPSA) is 15.3 Å². The molecule has 1 N–H and O–H groups in total. The van der Waals surface area contributed by atoms with Gasteiger partial charge in [0.25, 0.3) is 0 Å². The van der Waals surface area contributed by atoms with E-state index in [9.17, 15) is 4.39 Å². The first-order valence-electron chi connectivity index (χ1n) is 5.30. The Kier molecular flexibility index (Phi) is 5.29. The summed E-state index contributed by atoms with van der Waals surface area (Å²) in [4.78, 5) is 2.26. The summed E-state index contributed by atoms with van der Waals surface area (Å²) in [6, 6.07) is 6.73. The number of benzene rings is 1. The molecule has 0 saturated carbocycles. The van der Waals surface area contributed by atoms with Crippen molar-refractivity contribution in [2.45, 2.75) is 6.42 Å². The fourth-order valence-electron chi connectivity index (χ4n) is 1.39. The molecule has 0 aliphatic heterocycles. The van der Waals surface area contributed by atoms with Gasteiger partial charge in [0.05, 0.1) is 0 Å². The van der Waals surface area contributed by atoms with E-state index in [0.717, 1.165) is 26.1 Å². The van der Waals surface area contributed by atoms with Crippen molar-refractivity contribution < 1.29 is 4.39 Å². The van der Waals surface area contributed by atoms with Crippen LogP contribution in [0.2, 0.25) is 0 Å². The van der Waals surface area contributed by atoms with E-state index in [-0.39, 0.29) is 5.82 Å². The third-order valence-corrected chi connectivity index (χ3v) is 2.44. The van der Waals surface area contributed by atoms with Gasteiger partial charge in [0.2, 0.25) is 0 Å². The van der Waals surface area contributed by atoms with Gasteiger partial charge in [-0.3, -0.25) is 0 Å². The van der Waals surface area contributed by atoms with Crippen molar-refractivity contribution in [2.24, 2.45) is 0 Å². The quantitative estimate of drug-likeness (QED) is 0.766. The minimum absolute atomic E-state index is 0.165. The monoisotopic (exact) mass is 210 g/mol. The van der Waals surface area contributed by atoms with Crippen LogP contribution in [0.3, 0.4) is 0 Å². The van der Waals surface area contributed by atoms with E-state index >= 15 is 0 Å². The first-order chi connectivity index (χ1) is 7.22. The summed E-state index contributed by atoms with van der Waals surface area (Å²) in [7, 11) is 4.05. The van der Waals surface area contributed by atoms with Crippen LogP contribution >= 0.6 is 0 Å². The molecule has 1 aromatic rings. The predicted molar refractivity (Wildman–Crippen MR) is 61.5 cm³/mol. The Balaban J connectivity index is 2.27. The van der Waals surface area contributed by atoms with Crippen LogP contribution in [0.4, 0.5) is 4.39 Å². The molecule has 3 heteroatoms. The summed E-state index contributed by atoms with van der Waals surface area (Å²) in [6.45, 7) is 3.05. The lowest BCUT2D eigenvalue weighted by Gasteiger charge is -2.15. The Bertz CT molecular complexity index is 271. The Hall–Kier alpha value is -0.930. The van der Waals surface area contributed by atoms with Gasteiger partial charge in [0.15, 0.2) is 0 Å². The summed E-state index contributed by atoms with van der Waals surface area (Å²) in [5.74, 6) is -0.165. The van der Waals surface area contributed by atoms with E-state index in [1.54, 1.807) is 0 Å². The second-order valence-corrected chi connectivity index (χ2v) is 3.78. The van der Waals surface area contributed by atoms with E-state index in [4.69, 9.17) is 0 Å². The third kappa shape index (κ3) is 4.91. The molecule has 0 spiro atoms. The average molecular weight is 210 g/mol. The minimum Gasteiger partial charge on any atom is -0.318 e. The maximum absolute atomic E-state index is 12.6. The Morgan fingerprint density at radius 3 is 2.47 bits per heavy atom. The van der Waals surface area contributed by atoms with Crippen molar-refractivity contribution in [3.05, 3.63) is 35.6 Å². The molecular weight excluding hydrogens is 191 g/mol. The van der Waals surface area contributed by atoms with E-state index in [0.29, 0.717) is 0 Å². The van der Waals surface area contributed by atoms with E-state index in [1.807, 2.05) is 19.2 Å². The highest BCUT2D eigenvalue weighted by molar-refractivity contribution is 5.16. The van der Waals surface area contributed by atoms with Gasteiger partial charge in [-0.2, -0.15) is 0 Å². The van der Waals surface area contributed by atoms with Crippen molar-refractivity contribution in [3.63, 3.8) is 0 Å². The fourth-order valence-corrected chi connectivity index (χ4v) is 1.39. The molecule has 0 radical (unpaired) electrons. The van der Waals surface area contributed by atoms with Gasteiger partial charge in [-0.25, -0.2) is 4.39 Å². The van der Waals surface area contributed by atoms with E-state index < -0.39 is 0 Å². The Morgan fingerprint density at radius 1 is 1.20 bits per heavy atom. The molecule has 0 saturated heterocycles. The first kappa shape index (κ1) is 12.1. The molecule has 0 aromatic heterocycles. The molecule has 0 bridgehead atoms. The highest BCUT2D eigenvalue weighted by Crippen LogP contribution is 2.03. The lowest BCUT2D eigenvalue weighted by Crippen LogP contribution is -2.29. The summed E-state index contributed by atoms with van der Waals surface area (Å²) in [5.41, 5.74) is 1.19. The van der Waals surface area contributed by atoms with Crippen LogP contribution in [0.5, 0.6) is 0 Å². The van der Waals surface area contributed by atoms with Crippen LogP contribution in [-0.2, 0) is 6.42 Å². The lowest BCUT2D eigenvalue weighted by atomic mass is 10.1. The van der Waals surface area contributed by atoms with Gasteiger partial charge in [-0.1, -0.05) is 12.1 Å². The molecule has 0 atom stereocenters. The van der Waals surface area contributed by atoms with Crippen LogP contribution in [0.25, 0.3) is 0 Å². The number of rotatable bonds is 6. The van der Waals surface area contributed by atoms with Crippen LogP contribution in [0.1, 0.15) is 5.56 Å². The molecule has 0 unspecified atom stereocenters. The summed E-state index contributed by atoms with van der Waals surface area (Å²) in [6.07, 6.45) is 0.973. The van der Waals surface area contributed by atoms with Crippen molar-refractivity contribution in [3.8, 4) is 0 Å². The van der Waals surface area contributed by atoms with Gasteiger partial charge in [0.1, 0.15) is 5.82 Å². The molecule has 0 heterocycles. The SMILES string of the molecule is CNCCN(C)CCc1ccc(F)cc1. The number of hydrogen-bond acceptors (Lipinski definition) is 2.